The molecule has 0 saturated heterocycles. The normalized spacial score (nSPS) is 18.1. The second-order valence-corrected chi connectivity index (χ2v) is 2.33. The number of carboxylic acid groups (broad SMARTS) is 1. The van der Waals surface area contributed by atoms with Gasteiger partial charge in [-0.25, -0.2) is 4.79 Å². The first-order valence-corrected chi connectivity index (χ1v) is 3.09. The van der Waals surface area contributed by atoms with E-state index in [-0.39, 0.29) is 5.57 Å². The smallest absolute Gasteiger partial charge is 0.346 e. The molecule has 3 nitrogen and oxygen atoms in total. The molecule has 0 atom stereocenters. The summed E-state index contributed by atoms with van der Waals surface area (Å²) >= 11 is 0. The van der Waals surface area contributed by atoms with Gasteiger partial charge in [0.05, 0.1) is 0 Å². The van der Waals surface area contributed by atoms with E-state index in [9.17, 15) is 4.79 Å². The minimum atomic E-state index is -1.12. The number of hydrogen-bond donors (Lipinski definition) is 1. The summed E-state index contributed by atoms with van der Waals surface area (Å²) in [7, 11) is 0. The van der Waals surface area contributed by atoms with Gasteiger partial charge >= 0.3 is 5.97 Å². The summed E-state index contributed by atoms with van der Waals surface area (Å²) in [5.41, 5.74) is -0.123. The zero-order valence-electron chi connectivity index (χ0n) is 5.37. The lowest BCUT2D eigenvalue weighted by atomic mass is 10.2. The Morgan fingerprint density at radius 1 is 1.70 bits per heavy atom. The Morgan fingerprint density at radius 3 is 2.60 bits per heavy atom. The molecule has 1 rings (SSSR count). The highest BCUT2D eigenvalue weighted by atomic mass is 16.4. The van der Waals surface area contributed by atoms with Gasteiger partial charge in [-0.05, 0) is 18.8 Å². The van der Waals surface area contributed by atoms with E-state index < -0.39 is 5.97 Å². The molecule has 0 aromatic carbocycles. The van der Waals surface area contributed by atoms with Crippen LogP contribution in [-0.4, -0.2) is 11.1 Å². The van der Waals surface area contributed by atoms with Gasteiger partial charge in [0, 0.05) is 0 Å². The molecule has 0 unspecified atom stereocenters. The topological polar surface area (TPSA) is 61.1 Å². The minimum Gasteiger partial charge on any atom is -0.477 e. The third-order valence-corrected chi connectivity index (χ3v) is 1.38. The lowest BCUT2D eigenvalue weighted by molar-refractivity contribution is -0.132. The van der Waals surface area contributed by atoms with Gasteiger partial charge in [-0.2, -0.15) is 5.26 Å². The van der Waals surface area contributed by atoms with Crippen molar-refractivity contribution in [3.8, 4) is 6.07 Å². The molecule has 10 heavy (non-hydrogen) atoms. The second-order valence-electron chi connectivity index (χ2n) is 2.33. The van der Waals surface area contributed by atoms with Gasteiger partial charge in [0.2, 0.25) is 0 Å². The van der Waals surface area contributed by atoms with Crippen LogP contribution >= 0.6 is 0 Å². The fourth-order valence-corrected chi connectivity index (χ4v) is 0.655. The van der Waals surface area contributed by atoms with Crippen LogP contribution in [0, 0.1) is 17.2 Å². The molecule has 1 saturated carbocycles. The molecule has 1 N–H and O–H groups in total. The van der Waals surface area contributed by atoms with Gasteiger partial charge in [0.25, 0.3) is 0 Å². The lowest BCUT2D eigenvalue weighted by Gasteiger charge is -1.85. The van der Waals surface area contributed by atoms with Crippen molar-refractivity contribution in [2.75, 3.05) is 0 Å². The van der Waals surface area contributed by atoms with Gasteiger partial charge in [-0.15, -0.1) is 0 Å². The summed E-state index contributed by atoms with van der Waals surface area (Å²) in [6.45, 7) is 0. The fourth-order valence-electron chi connectivity index (χ4n) is 0.655. The maximum absolute atomic E-state index is 10.2. The van der Waals surface area contributed by atoms with Crippen molar-refractivity contribution >= 4 is 5.97 Å². The third kappa shape index (κ3) is 1.59. The molecule has 0 heterocycles. The molecule has 1 aliphatic rings. The highest BCUT2D eigenvalue weighted by Gasteiger charge is 2.21. The number of rotatable bonds is 2. The predicted molar refractivity (Wildman–Crippen MR) is 34.1 cm³/mol. The number of nitriles is 1. The molecule has 1 fully saturated rings. The van der Waals surface area contributed by atoms with E-state index in [4.69, 9.17) is 10.4 Å². The second kappa shape index (κ2) is 2.53. The molecule has 0 amide bonds. The maximum atomic E-state index is 10.2. The number of hydrogen-bond acceptors (Lipinski definition) is 2. The Balaban J connectivity index is 2.64. The van der Waals surface area contributed by atoms with E-state index in [1.54, 1.807) is 6.07 Å². The molecule has 1 aliphatic carbocycles. The van der Waals surface area contributed by atoms with Gasteiger partial charge in [-0.1, -0.05) is 6.08 Å². The predicted octanol–water partition coefficient (Wildman–Crippen LogP) is 0.931. The van der Waals surface area contributed by atoms with E-state index >= 15 is 0 Å². The van der Waals surface area contributed by atoms with Crippen LogP contribution in [0.3, 0.4) is 0 Å². The van der Waals surface area contributed by atoms with Gasteiger partial charge in [0.15, 0.2) is 0 Å². The summed E-state index contributed by atoms with van der Waals surface area (Å²) in [5.74, 6) is -0.764. The Kier molecular flexibility index (Phi) is 1.72. The van der Waals surface area contributed by atoms with E-state index in [0.717, 1.165) is 12.8 Å². The van der Waals surface area contributed by atoms with E-state index in [2.05, 4.69) is 0 Å². The zero-order chi connectivity index (χ0) is 7.56. The molecule has 0 aromatic heterocycles. The number of carboxylic acids is 1. The Bertz CT molecular complexity index is 220. The Hall–Kier alpha value is -1.30. The molecule has 52 valence electrons. The molecule has 0 aliphatic heterocycles. The third-order valence-electron chi connectivity index (χ3n) is 1.38. The van der Waals surface area contributed by atoms with Crippen LogP contribution in [0.25, 0.3) is 0 Å². The van der Waals surface area contributed by atoms with Crippen molar-refractivity contribution in [1.29, 1.82) is 5.26 Å². The van der Waals surface area contributed by atoms with Gasteiger partial charge < -0.3 is 5.11 Å². The Morgan fingerprint density at radius 2 is 2.30 bits per heavy atom. The number of aliphatic carboxylic acids is 1. The van der Waals surface area contributed by atoms with E-state index in [1.807, 2.05) is 0 Å². The summed E-state index contributed by atoms with van der Waals surface area (Å²) in [6, 6.07) is 1.63. The van der Waals surface area contributed by atoms with Crippen molar-refractivity contribution < 1.29 is 9.90 Å². The van der Waals surface area contributed by atoms with Crippen molar-refractivity contribution in [3.63, 3.8) is 0 Å². The van der Waals surface area contributed by atoms with Crippen LogP contribution in [0.2, 0.25) is 0 Å². The summed E-state index contributed by atoms with van der Waals surface area (Å²) in [5, 5.41) is 16.6. The zero-order valence-corrected chi connectivity index (χ0v) is 5.37. The van der Waals surface area contributed by atoms with Gasteiger partial charge in [-0.3, -0.25) is 0 Å². The molecule has 0 aromatic rings. The van der Waals surface area contributed by atoms with Crippen LogP contribution < -0.4 is 0 Å². The molecule has 0 spiro atoms. The fraction of sp³-hybridized carbons (Fsp3) is 0.429. The van der Waals surface area contributed by atoms with Crippen molar-refractivity contribution in [3.05, 3.63) is 11.6 Å². The summed E-state index contributed by atoms with van der Waals surface area (Å²) < 4.78 is 0. The largest absolute Gasteiger partial charge is 0.477 e. The first kappa shape index (κ1) is 6.81. The van der Waals surface area contributed by atoms with Crippen LogP contribution in [0.15, 0.2) is 11.6 Å². The lowest BCUT2D eigenvalue weighted by Crippen LogP contribution is -1.97. The van der Waals surface area contributed by atoms with Crippen molar-refractivity contribution in [1.82, 2.24) is 0 Å². The van der Waals surface area contributed by atoms with Crippen molar-refractivity contribution in [2.45, 2.75) is 12.8 Å². The molecule has 0 radical (unpaired) electrons. The van der Waals surface area contributed by atoms with E-state index in [1.165, 1.54) is 6.08 Å². The molecule has 3 heteroatoms. The monoisotopic (exact) mass is 137 g/mol. The average molecular weight is 137 g/mol. The van der Waals surface area contributed by atoms with Crippen molar-refractivity contribution in [2.24, 2.45) is 5.92 Å². The average Bonchev–Trinajstić information content (AvgIpc) is 2.64. The quantitative estimate of drug-likeness (QED) is 0.455. The molecule has 0 bridgehead atoms. The van der Waals surface area contributed by atoms with Crippen LogP contribution in [0.1, 0.15) is 12.8 Å². The summed E-state index contributed by atoms with van der Waals surface area (Å²) in [4.78, 5) is 10.2. The minimum absolute atomic E-state index is 0.123. The van der Waals surface area contributed by atoms with Gasteiger partial charge in [0.1, 0.15) is 11.6 Å². The van der Waals surface area contributed by atoms with E-state index in [0.29, 0.717) is 5.92 Å². The van der Waals surface area contributed by atoms with Crippen LogP contribution in [-0.2, 0) is 4.79 Å². The van der Waals surface area contributed by atoms with Crippen LogP contribution in [0.5, 0.6) is 0 Å². The highest BCUT2D eigenvalue weighted by molar-refractivity contribution is 5.91. The standard InChI is InChI=1S/C7H7NO2/c8-4-6(7(9)10)3-5-1-2-5/h3,5H,1-2H2,(H,9,10)/b6-3+. The maximum Gasteiger partial charge on any atom is 0.346 e. The number of nitrogens with zero attached hydrogens (tertiary/aromatic N) is 1. The Labute approximate surface area is 58.6 Å². The van der Waals surface area contributed by atoms with Crippen LogP contribution in [0.4, 0.5) is 0 Å². The first-order valence-electron chi connectivity index (χ1n) is 3.09. The number of carbonyl (C=O) groups is 1. The molecular weight excluding hydrogens is 130 g/mol. The highest BCUT2D eigenvalue weighted by Crippen LogP contribution is 2.31. The SMILES string of the molecule is N#C/C(=C\C1CC1)C(=O)O. The first-order chi connectivity index (χ1) is 4.74. The summed E-state index contributed by atoms with van der Waals surface area (Å²) in [6.07, 6.45) is 3.58. The molecular formula is C7H7NO2. The number of allylic oxidation sites excluding steroid dienone is 1.